The maximum absolute atomic E-state index is 14.6. The van der Waals surface area contributed by atoms with E-state index in [0.717, 1.165) is 10.3 Å². The highest BCUT2D eigenvalue weighted by Gasteiger charge is 2.62. The van der Waals surface area contributed by atoms with Gasteiger partial charge in [-0.25, -0.2) is 13.4 Å². The fourth-order valence-corrected chi connectivity index (χ4v) is 8.77. The van der Waals surface area contributed by atoms with Gasteiger partial charge in [0.05, 0.1) is 29.8 Å². The number of likely N-dealkylation sites (tertiary alicyclic amines) is 1. The van der Waals surface area contributed by atoms with Gasteiger partial charge in [0.1, 0.15) is 23.4 Å². The highest BCUT2D eigenvalue weighted by atomic mass is 32.2. The molecule has 1 aromatic heterocycles. The van der Waals surface area contributed by atoms with E-state index >= 15 is 0 Å². The zero-order valence-corrected chi connectivity index (χ0v) is 33.5. The van der Waals surface area contributed by atoms with Crippen molar-refractivity contribution in [3.63, 3.8) is 0 Å². The van der Waals surface area contributed by atoms with Gasteiger partial charge < -0.3 is 25.0 Å². The topological polar surface area (TPSA) is 173 Å². The maximum atomic E-state index is 14.6. The first-order valence-electron chi connectivity index (χ1n) is 18.1. The van der Waals surface area contributed by atoms with Crippen LogP contribution in [0.4, 0.5) is 0 Å². The third-order valence-electron chi connectivity index (χ3n) is 9.89. The minimum absolute atomic E-state index is 0.0144. The Bertz CT molecular complexity index is 1880. The number of rotatable bonds is 14. The predicted octanol–water partition coefficient (Wildman–Crippen LogP) is 4.34. The quantitative estimate of drug-likeness (QED) is 0.185. The van der Waals surface area contributed by atoms with Gasteiger partial charge in [-0.15, -0.1) is 18.3 Å². The molecule has 4 amide bonds. The molecule has 2 saturated carbocycles. The highest BCUT2D eigenvalue weighted by molar-refractivity contribution is 7.98. The SMILES string of the molecule is C=C[C@@H]1C[C@]1(NC(=O)[C@H]1C[C@@H](Oc2cc(OCC)nc3c(SC)cccc23)CN1C(=O)[C@@H](CC(=O)NC(C)(C)C)C(C)(C)C)C(=O)NS(=O)(=O)C1CC1. The predicted molar refractivity (Wildman–Crippen MR) is 204 cm³/mol. The van der Waals surface area contributed by atoms with Gasteiger partial charge >= 0.3 is 0 Å². The molecular formula is C38H53N5O8S2. The van der Waals surface area contributed by atoms with Crippen molar-refractivity contribution in [3.8, 4) is 11.6 Å². The molecule has 0 spiro atoms. The molecule has 53 heavy (non-hydrogen) atoms. The number of fused-ring (bicyclic) bond motifs is 1. The van der Waals surface area contributed by atoms with E-state index in [-0.39, 0.29) is 31.7 Å². The summed E-state index contributed by atoms with van der Waals surface area (Å²) in [6.07, 6.45) is 3.84. The van der Waals surface area contributed by atoms with Crippen LogP contribution in [0, 0.1) is 17.3 Å². The van der Waals surface area contributed by atoms with E-state index in [9.17, 15) is 27.6 Å². The molecular weight excluding hydrogens is 719 g/mol. The summed E-state index contributed by atoms with van der Waals surface area (Å²) < 4.78 is 40.0. The Morgan fingerprint density at radius 1 is 1.15 bits per heavy atom. The molecule has 1 aromatic carbocycles. The van der Waals surface area contributed by atoms with Crippen LogP contribution in [-0.2, 0) is 29.2 Å². The molecule has 3 fully saturated rings. The number of benzene rings is 1. The Kier molecular flexibility index (Phi) is 11.5. The molecule has 0 bridgehead atoms. The molecule has 5 atom stereocenters. The smallest absolute Gasteiger partial charge is 0.259 e. The summed E-state index contributed by atoms with van der Waals surface area (Å²) in [5, 5.41) is 5.87. The van der Waals surface area contributed by atoms with Crippen molar-refractivity contribution in [3.05, 3.63) is 36.9 Å². The Morgan fingerprint density at radius 2 is 1.85 bits per heavy atom. The maximum Gasteiger partial charge on any atom is 0.259 e. The van der Waals surface area contributed by atoms with Gasteiger partial charge in [0.25, 0.3) is 5.91 Å². The van der Waals surface area contributed by atoms with Crippen molar-refractivity contribution in [1.29, 1.82) is 0 Å². The summed E-state index contributed by atoms with van der Waals surface area (Å²) in [6.45, 7) is 17.3. The second-order valence-electron chi connectivity index (χ2n) is 16.3. The summed E-state index contributed by atoms with van der Waals surface area (Å²) in [4.78, 5) is 62.8. The number of para-hydroxylation sites is 1. The largest absolute Gasteiger partial charge is 0.488 e. The summed E-state index contributed by atoms with van der Waals surface area (Å²) >= 11 is 1.53. The van der Waals surface area contributed by atoms with Crippen LogP contribution in [0.2, 0.25) is 0 Å². The molecule has 290 valence electrons. The van der Waals surface area contributed by atoms with Crippen LogP contribution in [0.15, 0.2) is 41.8 Å². The van der Waals surface area contributed by atoms with Gasteiger partial charge in [0.2, 0.25) is 33.6 Å². The van der Waals surface area contributed by atoms with Crippen LogP contribution in [0.1, 0.15) is 80.6 Å². The first-order chi connectivity index (χ1) is 24.7. The second kappa shape index (κ2) is 15.1. The molecule has 2 aliphatic carbocycles. The Labute approximate surface area is 316 Å². The van der Waals surface area contributed by atoms with E-state index in [1.165, 1.54) is 22.7 Å². The van der Waals surface area contributed by atoms with Gasteiger partial charge in [0, 0.05) is 40.6 Å². The van der Waals surface area contributed by atoms with Crippen molar-refractivity contribution < 1.29 is 37.1 Å². The van der Waals surface area contributed by atoms with Crippen LogP contribution < -0.4 is 24.8 Å². The second-order valence-corrected chi connectivity index (χ2v) is 19.1. The lowest BCUT2D eigenvalue weighted by Gasteiger charge is -2.35. The van der Waals surface area contributed by atoms with E-state index in [1.54, 1.807) is 6.07 Å². The number of amides is 4. The zero-order valence-electron chi connectivity index (χ0n) is 31.9. The Hall–Kier alpha value is -3.85. The average molecular weight is 772 g/mol. The zero-order chi connectivity index (χ0) is 39.1. The average Bonchev–Trinajstić information content (AvgIpc) is 3.99. The summed E-state index contributed by atoms with van der Waals surface area (Å²) in [5.74, 6) is -2.63. The molecule has 3 N–H and O–H groups in total. The molecule has 5 rings (SSSR count). The number of nitrogens with one attached hydrogen (secondary N) is 3. The Morgan fingerprint density at radius 3 is 2.42 bits per heavy atom. The molecule has 1 aliphatic heterocycles. The van der Waals surface area contributed by atoms with Gasteiger partial charge in [-0.2, -0.15) is 0 Å². The van der Waals surface area contributed by atoms with Crippen LogP contribution in [0.3, 0.4) is 0 Å². The van der Waals surface area contributed by atoms with Crippen molar-refractivity contribution in [2.75, 3.05) is 19.4 Å². The first kappa shape index (κ1) is 40.3. The monoisotopic (exact) mass is 771 g/mol. The van der Waals surface area contributed by atoms with E-state index < -0.39 is 73.5 Å². The molecule has 0 radical (unpaired) electrons. The van der Waals surface area contributed by atoms with Crippen molar-refractivity contribution in [2.45, 2.75) is 114 Å². The minimum atomic E-state index is -3.89. The summed E-state index contributed by atoms with van der Waals surface area (Å²) in [5.41, 5.74) is -2.03. The third kappa shape index (κ3) is 9.10. The standard InChI is InChI=1S/C38H53N5O8S2/c1-10-22-20-38(22,35(47)42-53(48,49)24-15-16-24)41-33(45)27-17-23(21-43(27)34(46)26(36(3,4)5)18-30(44)40-37(6,7)8)51-28-19-31(50-11-2)39-32-25(28)13-12-14-29(32)52-9/h10,12-14,19,22-24,26-27H,1,11,15-18,20-21H2,2-9H3,(H,40,44)(H,41,45)(H,42,47)/t22-,23-,26-,27-,38-/m1/s1. The van der Waals surface area contributed by atoms with E-state index in [1.807, 2.05) is 72.9 Å². The van der Waals surface area contributed by atoms with Crippen molar-refractivity contribution >= 4 is 56.3 Å². The third-order valence-corrected chi connectivity index (χ3v) is 12.5. The van der Waals surface area contributed by atoms with Crippen molar-refractivity contribution in [1.82, 2.24) is 25.2 Å². The number of thioether (sulfide) groups is 1. The van der Waals surface area contributed by atoms with Crippen LogP contribution >= 0.6 is 11.8 Å². The molecule has 3 aliphatic rings. The number of sulfonamides is 1. The number of aromatic nitrogens is 1. The number of nitrogens with zero attached hydrogens (tertiary/aromatic N) is 2. The molecule has 0 unspecified atom stereocenters. The van der Waals surface area contributed by atoms with Gasteiger partial charge in [-0.05, 0) is 70.8 Å². The van der Waals surface area contributed by atoms with Crippen LogP contribution in [0.25, 0.3) is 10.9 Å². The highest BCUT2D eigenvalue weighted by Crippen LogP contribution is 2.46. The summed E-state index contributed by atoms with van der Waals surface area (Å²) in [7, 11) is -3.89. The van der Waals surface area contributed by atoms with Crippen molar-refractivity contribution in [2.24, 2.45) is 17.3 Å². The molecule has 2 heterocycles. The molecule has 15 heteroatoms. The van der Waals surface area contributed by atoms with Gasteiger partial charge in [-0.3, -0.25) is 23.9 Å². The number of carbonyl (C=O) groups excluding carboxylic acids is 4. The number of hydrogen-bond acceptors (Lipinski definition) is 10. The lowest BCUT2D eigenvalue weighted by Crippen LogP contribution is -2.57. The van der Waals surface area contributed by atoms with Crippen LogP contribution in [-0.4, -0.2) is 89.8 Å². The van der Waals surface area contributed by atoms with E-state index in [2.05, 4.69) is 21.9 Å². The minimum Gasteiger partial charge on any atom is -0.488 e. The number of pyridine rings is 1. The first-order valence-corrected chi connectivity index (χ1v) is 20.9. The number of ether oxygens (including phenoxy) is 2. The van der Waals surface area contributed by atoms with Crippen LogP contribution in [0.5, 0.6) is 11.6 Å². The lowest BCUT2D eigenvalue weighted by molar-refractivity contribution is -0.147. The fraction of sp³-hybridized carbons (Fsp3) is 0.605. The van der Waals surface area contributed by atoms with Gasteiger partial charge in [-0.1, -0.05) is 32.9 Å². The fourth-order valence-electron chi connectivity index (χ4n) is 6.85. The molecule has 1 saturated heterocycles. The lowest BCUT2D eigenvalue weighted by atomic mass is 9.77. The summed E-state index contributed by atoms with van der Waals surface area (Å²) in [6, 6.07) is 6.34. The molecule has 2 aromatic rings. The number of carbonyl (C=O) groups is 4. The normalized spacial score (nSPS) is 23.5. The Balaban J connectivity index is 1.49. The van der Waals surface area contributed by atoms with Gasteiger partial charge in [0.15, 0.2) is 0 Å². The number of hydrogen-bond donors (Lipinski definition) is 3. The van der Waals surface area contributed by atoms with E-state index in [0.29, 0.717) is 36.6 Å². The van der Waals surface area contributed by atoms with E-state index in [4.69, 9.17) is 14.5 Å². The molecule has 13 nitrogen and oxygen atoms in total.